The van der Waals surface area contributed by atoms with Crippen LogP contribution in [0, 0.1) is 24.2 Å². The SMILES string of the molecule is [C-]#[N+]CCOP(C)OC1[C@@H]2COC[C@]1(CC)O[C@H]2n1cc(C)c(=O)[nH]c1=S. The minimum absolute atomic E-state index is 0.0786. The molecule has 1 aromatic rings. The number of nitrogens with one attached hydrogen (secondary N) is 1. The zero-order valence-corrected chi connectivity index (χ0v) is 17.3. The Hall–Kier alpha value is -1.14. The van der Waals surface area contributed by atoms with E-state index < -0.39 is 14.0 Å². The van der Waals surface area contributed by atoms with Gasteiger partial charge in [0.1, 0.15) is 24.5 Å². The van der Waals surface area contributed by atoms with Crippen molar-refractivity contribution in [1.82, 2.24) is 9.55 Å². The van der Waals surface area contributed by atoms with Gasteiger partial charge in [-0.1, -0.05) is 6.92 Å². The van der Waals surface area contributed by atoms with E-state index in [9.17, 15) is 4.79 Å². The Labute approximate surface area is 164 Å². The minimum atomic E-state index is -1.14. The van der Waals surface area contributed by atoms with Gasteiger partial charge in [-0.05, 0) is 25.6 Å². The molecule has 0 saturated carbocycles. The van der Waals surface area contributed by atoms with E-state index >= 15 is 0 Å². The van der Waals surface area contributed by atoms with Crippen molar-refractivity contribution in [2.45, 2.75) is 38.2 Å². The molecular formula is C17H24N3O5PS. The van der Waals surface area contributed by atoms with Gasteiger partial charge in [-0.15, -0.1) is 0 Å². The fourth-order valence-corrected chi connectivity index (χ4v) is 4.91. The van der Waals surface area contributed by atoms with E-state index in [1.54, 1.807) is 17.7 Å². The molecular weight excluding hydrogens is 389 g/mol. The highest BCUT2D eigenvalue weighted by molar-refractivity contribution is 7.71. The van der Waals surface area contributed by atoms with Crippen LogP contribution < -0.4 is 5.56 Å². The highest BCUT2D eigenvalue weighted by atomic mass is 32.1. The van der Waals surface area contributed by atoms with Crippen molar-refractivity contribution in [1.29, 1.82) is 0 Å². The molecule has 0 aliphatic carbocycles. The van der Waals surface area contributed by atoms with Gasteiger partial charge in [0.05, 0.1) is 19.1 Å². The highest BCUT2D eigenvalue weighted by Gasteiger charge is 2.59. The third kappa shape index (κ3) is 4.02. The topological polar surface area (TPSA) is 79.1 Å². The van der Waals surface area contributed by atoms with Crippen molar-refractivity contribution in [2.75, 3.05) is 33.0 Å². The molecule has 8 nitrogen and oxygen atoms in total. The summed E-state index contributed by atoms with van der Waals surface area (Å²) in [5.41, 5.74) is -0.221. The number of nitrogens with zero attached hydrogens (tertiary/aromatic N) is 2. The summed E-state index contributed by atoms with van der Waals surface area (Å²) in [6, 6.07) is 0. The Morgan fingerprint density at radius 3 is 3.07 bits per heavy atom. The summed E-state index contributed by atoms with van der Waals surface area (Å²) in [5, 5.41) is 0. The van der Waals surface area contributed by atoms with Crippen LogP contribution in [0.2, 0.25) is 0 Å². The van der Waals surface area contributed by atoms with Crippen LogP contribution in [0.15, 0.2) is 11.0 Å². The third-order valence-corrected chi connectivity index (χ3v) is 6.43. The van der Waals surface area contributed by atoms with E-state index in [0.717, 1.165) is 0 Å². The van der Waals surface area contributed by atoms with Crippen LogP contribution in [0.25, 0.3) is 4.85 Å². The van der Waals surface area contributed by atoms with Gasteiger partial charge in [0.2, 0.25) is 6.54 Å². The van der Waals surface area contributed by atoms with Crippen molar-refractivity contribution < 1.29 is 18.5 Å². The van der Waals surface area contributed by atoms with Gasteiger partial charge in [0.15, 0.2) is 13.1 Å². The number of aromatic amines is 1. The van der Waals surface area contributed by atoms with E-state index in [4.69, 9.17) is 37.3 Å². The minimum Gasteiger partial charge on any atom is -0.378 e. The summed E-state index contributed by atoms with van der Waals surface area (Å²) in [6.07, 6.45) is 1.85. The van der Waals surface area contributed by atoms with Gasteiger partial charge in [-0.25, -0.2) is 6.57 Å². The van der Waals surface area contributed by atoms with E-state index in [1.807, 2.05) is 13.6 Å². The molecule has 2 bridgehead atoms. The maximum Gasteiger partial charge on any atom is 0.254 e. The molecule has 5 atom stereocenters. The summed E-state index contributed by atoms with van der Waals surface area (Å²) in [4.78, 5) is 17.8. The first kappa shape index (κ1) is 20.6. The predicted octanol–water partition coefficient (Wildman–Crippen LogP) is 2.80. The van der Waals surface area contributed by atoms with Crippen LogP contribution in [-0.2, 0) is 18.5 Å². The molecule has 0 amide bonds. The quantitative estimate of drug-likeness (QED) is 0.321. The molecule has 10 heteroatoms. The molecule has 2 unspecified atom stereocenters. The molecule has 2 aliphatic heterocycles. The van der Waals surface area contributed by atoms with Gasteiger partial charge in [0.25, 0.3) is 5.56 Å². The summed E-state index contributed by atoms with van der Waals surface area (Å²) >= 11 is 5.36. The van der Waals surface area contributed by atoms with Crippen molar-refractivity contribution in [2.24, 2.45) is 5.92 Å². The number of H-pyrrole nitrogens is 1. The lowest BCUT2D eigenvalue weighted by Gasteiger charge is -2.38. The Morgan fingerprint density at radius 2 is 2.37 bits per heavy atom. The predicted molar refractivity (Wildman–Crippen MR) is 103 cm³/mol. The van der Waals surface area contributed by atoms with Crippen LogP contribution in [0.3, 0.4) is 0 Å². The molecule has 3 rings (SSSR count). The van der Waals surface area contributed by atoms with Crippen LogP contribution in [-0.4, -0.2) is 54.3 Å². The molecule has 1 N–H and O–H groups in total. The van der Waals surface area contributed by atoms with Crippen LogP contribution in [0.4, 0.5) is 0 Å². The smallest absolute Gasteiger partial charge is 0.254 e. The molecule has 0 radical (unpaired) electrons. The summed E-state index contributed by atoms with van der Waals surface area (Å²) in [6.45, 7) is 14.1. The zero-order valence-electron chi connectivity index (χ0n) is 15.6. The number of rotatable bonds is 7. The molecule has 3 heterocycles. The van der Waals surface area contributed by atoms with Gasteiger partial charge in [-0.3, -0.25) is 14.3 Å². The lowest BCUT2D eigenvalue weighted by molar-refractivity contribution is -0.138. The monoisotopic (exact) mass is 413 g/mol. The highest BCUT2D eigenvalue weighted by Crippen LogP contribution is 2.52. The van der Waals surface area contributed by atoms with Crippen LogP contribution in [0.5, 0.6) is 0 Å². The van der Waals surface area contributed by atoms with Gasteiger partial charge in [-0.2, -0.15) is 0 Å². The maximum absolute atomic E-state index is 11.8. The Bertz CT molecular complexity index is 837. The molecule has 2 fully saturated rings. The number of fused-ring (bicyclic) bond motifs is 2. The maximum atomic E-state index is 11.8. The van der Waals surface area contributed by atoms with E-state index in [2.05, 4.69) is 9.83 Å². The zero-order chi connectivity index (χ0) is 19.6. The summed E-state index contributed by atoms with van der Waals surface area (Å²) in [7, 11) is -1.14. The summed E-state index contributed by atoms with van der Waals surface area (Å²) in [5.74, 6) is -0.0786. The van der Waals surface area contributed by atoms with Gasteiger partial charge in [0, 0.05) is 18.4 Å². The average molecular weight is 413 g/mol. The molecule has 1 aromatic heterocycles. The Balaban J connectivity index is 1.87. The number of aromatic nitrogens is 2. The van der Waals surface area contributed by atoms with E-state index in [-0.39, 0.29) is 23.8 Å². The van der Waals surface area contributed by atoms with Crippen molar-refractivity contribution in [3.63, 3.8) is 0 Å². The number of aryl methyl sites for hydroxylation is 1. The van der Waals surface area contributed by atoms with Gasteiger partial charge >= 0.3 is 0 Å². The Morgan fingerprint density at radius 1 is 1.59 bits per heavy atom. The van der Waals surface area contributed by atoms with Crippen molar-refractivity contribution >= 4 is 20.6 Å². The third-order valence-electron chi connectivity index (χ3n) is 5.04. The normalized spacial score (nSPS) is 30.8. The fourth-order valence-electron chi connectivity index (χ4n) is 3.59. The number of hydrogen-bond acceptors (Lipinski definition) is 6. The average Bonchev–Trinajstić information content (AvgIpc) is 2.80. The van der Waals surface area contributed by atoms with Gasteiger partial charge < -0.3 is 23.4 Å². The fraction of sp³-hybridized carbons (Fsp3) is 0.706. The lowest BCUT2D eigenvalue weighted by Crippen LogP contribution is -2.50. The number of ether oxygens (including phenoxy) is 2. The van der Waals surface area contributed by atoms with Crippen LogP contribution >= 0.6 is 20.6 Å². The number of hydrogen-bond donors (Lipinski definition) is 1. The first-order valence-electron chi connectivity index (χ1n) is 8.86. The second-order valence-electron chi connectivity index (χ2n) is 6.77. The molecule has 2 saturated heterocycles. The summed E-state index contributed by atoms with van der Waals surface area (Å²) < 4.78 is 26.3. The van der Waals surface area contributed by atoms with Crippen molar-refractivity contribution in [3.05, 3.63) is 38.3 Å². The molecule has 27 heavy (non-hydrogen) atoms. The first-order valence-corrected chi connectivity index (χ1v) is 10.9. The lowest BCUT2D eigenvalue weighted by atomic mass is 9.86. The second-order valence-corrected chi connectivity index (χ2v) is 8.50. The molecule has 0 aromatic carbocycles. The first-order chi connectivity index (χ1) is 12.9. The standard InChI is InChI=1S/C17H24N3O5PS/c1-5-17-10-22-9-12(13(17)25-26(4)23-7-6-18-3)15(24-17)20-8-11(2)14(21)19-16(20)27/h8,12-13,15H,5-7,9-10H2,1-2,4H3,(H,19,21,27)/t12-,13?,15+,17-,26?/m0/s1. The van der Waals surface area contributed by atoms with E-state index in [1.165, 1.54) is 0 Å². The molecule has 148 valence electrons. The molecule has 0 spiro atoms. The molecule has 2 aliphatic rings. The van der Waals surface area contributed by atoms with Crippen LogP contribution in [0.1, 0.15) is 25.1 Å². The largest absolute Gasteiger partial charge is 0.378 e. The van der Waals surface area contributed by atoms with E-state index in [0.29, 0.717) is 43.1 Å². The Kier molecular flexibility index (Phi) is 6.46. The second kappa shape index (κ2) is 8.48. The van der Waals surface area contributed by atoms with Crippen molar-refractivity contribution in [3.8, 4) is 0 Å².